The van der Waals surface area contributed by atoms with E-state index < -0.39 is 10.0 Å². The Labute approximate surface area is 93.1 Å². The van der Waals surface area contributed by atoms with Gasteiger partial charge in [-0.1, -0.05) is 6.92 Å². The average Bonchev–Trinajstić information content (AvgIpc) is 1.99. The molecule has 0 saturated carbocycles. The van der Waals surface area contributed by atoms with Gasteiger partial charge in [-0.2, -0.15) is 0 Å². The second-order valence-corrected chi connectivity index (χ2v) is 5.56. The number of hydrogen-bond donors (Lipinski definition) is 1. The molecule has 0 aliphatic rings. The Morgan fingerprint density at radius 1 is 1.27 bits per heavy atom. The second-order valence-electron chi connectivity index (χ2n) is 3.82. The van der Waals surface area contributed by atoms with E-state index in [2.05, 4.69) is 11.6 Å². The normalized spacial score (nSPS) is 11.5. The van der Waals surface area contributed by atoms with Crippen LogP contribution in [0.25, 0.3) is 0 Å². The minimum atomic E-state index is -3.18. The van der Waals surface area contributed by atoms with E-state index in [1.807, 2.05) is 26.0 Å². The fraction of sp³-hybridized carbons (Fsp3) is 0.455. The van der Waals surface area contributed by atoms with Gasteiger partial charge in [0.2, 0.25) is 10.0 Å². The third-order valence-electron chi connectivity index (χ3n) is 2.35. The summed E-state index contributed by atoms with van der Waals surface area (Å²) in [6.45, 7) is 6.09. The van der Waals surface area contributed by atoms with Crippen LogP contribution in [0.1, 0.15) is 25.0 Å². The van der Waals surface area contributed by atoms with Crippen LogP contribution < -0.4 is 4.72 Å². The predicted octanol–water partition coefficient (Wildman–Crippen LogP) is 2.48. The Kier molecular flexibility index (Phi) is 3.39. The van der Waals surface area contributed by atoms with E-state index in [0.717, 1.165) is 23.8 Å². The molecule has 0 amide bonds. The Balaban J connectivity index is 0.00000225. The molecule has 1 rings (SSSR count). The molecule has 4 heteroatoms. The Morgan fingerprint density at radius 3 is 2.07 bits per heavy atom. The fourth-order valence-electron chi connectivity index (χ4n) is 1.82. The zero-order valence-electron chi connectivity index (χ0n) is 9.59. The van der Waals surface area contributed by atoms with Crippen molar-refractivity contribution < 1.29 is 9.84 Å². The van der Waals surface area contributed by atoms with Gasteiger partial charge in [-0.15, -0.1) is 0 Å². The number of sulfonamides is 1. The highest BCUT2D eigenvalue weighted by Gasteiger charge is 2.06. The van der Waals surface area contributed by atoms with Crippen molar-refractivity contribution in [1.29, 1.82) is 0 Å². The molecule has 0 fully saturated rings. The Morgan fingerprint density at radius 2 is 1.73 bits per heavy atom. The third-order valence-corrected chi connectivity index (χ3v) is 2.96. The minimum Gasteiger partial charge on any atom is -0.284 e. The van der Waals surface area contributed by atoms with E-state index in [4.69, 9.17) is 0 Å². The lowest BCUT2D eigenvalue weighted by Crippen LogP contribution is -2.10. The lowest BCUT2D eigenvalue weighted by molar-refractivity contribution is 0.607. The number of nitrogens with one attached hydrogen (secondary N) is 1. The Bertz CT molecular complexity index is 446. The summed E-state index contributed by atoms with van der Waals surface area (Å²) >= 11 is 0. The molecular formula is C11H19NO2S. The van der Waals surface area contributed by atoms with Crippen molar-refractivity contribution >= 4 is 15.7 Å². The van der Waals surface area contributed by atoms with Gasteiger partial charge in [0.15, 0.2) is 0 Å². The van der Waals surface area contributed by atoms with Gasteiger partial charge in [0.05, 0.1) is 6.26 Å². The van der Waals surface area contributed by atoms with Crippen molar-refractivity contribution in [2.24, 2.45) is 0 Å². The lowest BCUT2D eigenvalue weighted by Gasteiger charge is -2.11. The standard InChI is InChI=1S/C11H17NO2S.H2/c1-5-11-8(2)6-10(7-9(11)3)12-15(4,13)14;/h6-7,12H,5H2,1-4H3;1H. The van der Waals surface area contributed by atoms with Gasteiger partial charge >= 0.3 is 0 Å². The monoisotopic (exact) mass is 229 g/mol. The lowest BCUT2D eigenvalue weighted by atomic mass is 10.00. The van der Waals surface area contributed by atoms with Crippen molar-refractivity contribution in [1.82, 2.24) is 0 Å². The maximum absolute atomic E-state index is 11.1. The van der Waals surface area contributed by atoms with E-state index in [1.165, 1.54) is 5.56 Å². The first-order chi connectivity index (χ1) is 6.83. The van der Waals surface area contributed by atoms with Crippen LogP contribution in [0.2, 0.25) is 0 Å². The molecule has 0 atom stereocenters. The van der Waals surface area contributed by atoms with Crippen LogP contribution in [0.5, 0.6) is 0 Å². The topological polar surface area (TPSA) is 46.2 Å². The molecule has 1 aromatic carbocycles. The Hall–Kier alpha value is -1.03. The first-order valence-corrected chi connectivity index (χ1v) is 6.80. The fourth-order valence-corrected chi connectivity index (χ4v) is 2.37. The summed E-state index contributed by atoms with van der Waals surface area (Å²) in [5, 5.41) is 0. The van der Waals surface area contributed by atoms with E-state index in [0.29, 0.717) is 5.69 Å². The van der Waals surface area contributed by atoms with Crippen LogP contribution in [-0.2, 0) is 16.4 Å². The number of anilines is 1. The summed E-state index contributed by atoms with van der Waals surface area (Å²) in [6, 6.07) is 3.74. The van der Waals surface area contributed by atoms with E-state index in [1.54, 1.807) is 0 Å². The van der Waals surface area contributed by atoms with Crippen LogP contribution >= 0.6 is 0 Å². The van der Waals surface area contributed by atoms with Crippen molar-refractivity contribution in [2.75, 3.05) is 11.0 Å². The molecule has 1 N–H and O–H groups in total. The highest BCUT2D eigenvalue weighted by atomic mass is 32.2. The highest BCUT2D eigenvalue weighted by molar-refractivity contribution is 7.92. The summed E-state index contributed by atoms with van der Waals surface area (Å²) in [5.74, 6) is 0. The predicted molar refractivity (Wildman–Crippen MR) is 65.9 cm³/mol. The molecule has 0 heterocycles. The van der Waals surface area contributed by atoms with Crippen LogP contribution in [0, 0.1) is 13.8 Å². The summed E-state index contributed by atoms with van der Waals surface area (Å²) in [7, 11) is -3.18. The molecule has 1 aromatic rings. The maximum Gasteiger partial charge on any atom is 0.229 e. The molecule has 15 heavy (non-hydrogen) atoms. The van der Waals surface area contributed by atoms with Crippen LogP contribution in [-0.4, -0.2) is 14.7 Å². The minimum absolute atomic E-state index is 0. The number of aryl methyl sites for hydroxylation is 2. The largest absolute Gasteiger partial charge is 0.284 e. The SMILES string of the molecule is CCc1c(C)cc(NS(C)(=O)=O)cc1C.[HH]. The molecule has 0 spiro atoms. The molecule has 0 radical (unpaired) electrons. The summed E-state index contributed by atoms with van der Waals surface area (Å²) in [6.07, 6.45) is 2.13. The average molecular weight is 229 g/mol. The molecule has 86 valence electrons. The molecule has 0 unspecified atom stereocenters. The molecule has 3 nitrogen and oxygen atoms in total. The van der Waals surface area contributed by atoms with Gasteiger partial charge in [-0.05, 0) is 49.1 Å². The molecule has 0 saturated heterocycles. The van der Waals surface area contributed by atoms with E-state index in [9.17, 15) is 8.42 Å². The quantitative estimate of drug-likeness (QED) is 0.865. The van der Waals surface area contributed by atoms with Crippen molar-refractivity contribution in [2.45, 2.75) is 27.2 Å². The second kappa shape index (κ2) is 4.23. The summed E-state index contributed by atoms with van der Waals surface area (Å²) in [5.41, 5.74) is 4.19. The summed E-state index contributed by atoms with van der Waals surface area (Å²) in [4.78, 5) is 0. The zero-order chi connectivity index (χ0) is 11.6. The van der Waals surface area contributed by atoms with E-state index >= 15 is 0 Å². The van der Waals surface area contributed by atoms with Crippen LogP contribution in [0.15, 0.2) is 12.1 Å². The molecular weight excluding hydrogens is 210 g/mol. The van der Waals surface area contributed by atoms with E-state index in [-0.39, 0.29) is 1.43 Å². The smallest absolute Gasteiger partial charge is 0.229 e. The third kappa shape index (κ3) is 3.23. The highest BCUT2D eigenvalue weighted by Crippen LogP contribution is 2.21. The number of rotatable bonds is 3. The van der Waals surface area contributed by atoms with Gasteiger partial charge < -0.3 is 0 Å². The van der Waals surface area contributed by atoms with Gasteiger partial charge in [0.25, 0.3) is 0 Å². The van der Waals surface area contributed by atoms with Crippen molar-refractivity contribution in [3.8, 4) is 0 Å². The van der Waals surface area contributed by atoms with Crippen molar-refractivity contribution in [3.05, 3.63) is 28.8 Å². The number of hydrogen-bond acceptors (Lipinski definition) is 2. The van der Waals surface area contributed by atoms with Gasteiger partial charge in [0.1, 0.15) is 0 Å². The molecule has 0 aromatic heterocycles. The molecule has 0 aliphatic carbocycles. The van der Waals surface area contributed by atoms with Crippen LogP contribution in [0.4, 0.5) is 5.69 Å². The maximum atomic E-state index is 11.1. The van der Waals surface area contributed by atoms with Gasteiger partial charge in [-0.3, -0.25) is 4.72 Å². The summed E-state index contributed by atoms with van der Waals surface area (Å²) < 4.78 is 24.6. The molecule has 0 aliphatic heterocycles. The van der Waals surface area contributed by atoms with Crippen LogP contribution in [0.3, 0.4) is 0 Å². The first-order valence-electron chi connectivity index (χ1n) is 4.91. The first kappa shape index (κ1) is 12.0. The van der Waals surface area contributed by atoms with Crippen molar-refractivity contribution in [3.63, 3.8) is 0 Å². The van der Waals surface area contributed by atoms with Gasteiger partial charge in [-0.25, -0.2) is 8.42 Å². The van der Waals surface area contributed by atoms with Gasteiger partial charge in [0, 0.05) is 7.11 Å². The zero-order valence-corrected chi connectivity index (χ0v) is 10.4. The number of benzene rings is 1. The molecule has 0 bridgehead atoms.